The first-order valence-electron chi connectivity index (χ1n) is 5.29. The van der Waals surface area contributed by atoms with E-state index in [0.29, 0.717) is 5.75 Å². The number of carboxylic acid groups (broad SMARTS) is 1. The lowest BCUT2D eigenvalue weighted by Crippen LogP contribution is -2.14. The SMILES string of the molecule is CCCCSCC(=O)Nc1cc(C(=O)O)[nH]n1. The van der Waals surface area contributed by atoms with E-state index in [1.165, 1.54) is 6.07 Å². The molecule has 1 heterocycles. The van der Waals surface area contributed by atoms with E-state index in [4.69, 9.17) is 5.11 Å². The van der Waals surface area contributed by atoms with Crippen molar-refractivity contribution in [2.45, 2.75) is 19.8 Å². The average Bonchev–Trinajstić information content (AvgIpc) is 2.73. The van der Waals surface area contributed by atoms with Gasteiger partial charge in [-0.2, -0.15) is 16.9 Å². The molecule has 3 N–H and O–H groups in total. The molecule has 1 rings (SSSR count). The summed E-state index contributed by atoms with van der Waals surface area (Å²) >= 11 is 1.55. The molecule has 0 atom stereocenters. The molecule has 0 fully saturated rings. The first kappa shape index (κ1) is 13.6. The zero-order chi connectivity index (χ0) is 12.7. The second-order valence-corrected chi connectivity index (χ2v) is 4.53. The van der Waals surface area contributed by atoms with Gasteiger partial charge >= 0.3 is 5.97 Å². The summed E-state index contributed by atoms with van der Waals surface area (Å²) in [7, 11) is 0. The van der Waals surface area contributed by atoms with E-state index in [9.17, 15) is 9.59 Å². The highest BCUT2D eigenvalue weighted by Gasteiger charge is 2.09. The van der Waals surface area contributed by atoms with Gasteiger partial charge in [-0.3, -0.25) is 9.89 Å². The van der Waals surface area contributed by atoms with Crippen molar-refractivity contribution < 1.29 is 14.7 Å². The summed E-state index contributed by atoms with van der Waals surface area (Å²) in [6.07, 6.45) is 2.19. The van der Waals surface area contributed by atoms with Crippen LogP contribution in [0.5, 0.6) is 0 Å². The normalized spacial score (nSPS) is 10.2. The highest BCUT2D eigenvalue weighted by molar-refractivity contribution is 7.99. The molecule has 7 heteroatoms. The minimum Gasteiger partial charge on any atom is -0.477 e. The number of aromatic nitrogens is 2. The minimum absolute atomic E-state index is 0.0427. The van der Waals surface area contributed by atoms with Crippen molar-refractivity contribution in [1.29, 1.82) is 0 Å². The molecule has 1 aromatic rings. The minimum atomic E-state index is -1.10. The number of hydrogen-bond donors (Lipinski definition) is 3. The Morgan fingerprint density at radius 1 is 1.59 bits per heavy atom. The van der Waals surface area contributed by atoms with Crippen LogP contribution in [0.1, 0.15) is 30.3 Å². The lowest BCUT2D eigenvalue weighted by atomic mass is 10.4. The van der Waals surface area contributed by atoms with Gasteiger partial charge in [0, 0.05) is 6.07 Å². The predicted molar refractivity (Wildman–Crippen MR) is 66.4 cm³/mol. The van der Waals surface area contributed by atoms with Gasteiger partial charge in [-0.1, -0.05) is 13.3 Å². The quantitative estimate of drug-likeness (QED) is 0.644. The zero-order valence-corrected chi connectivity index (χ0v) is 10.3. The zero-order valence-electron chi connectivity index (χ0n) is 9.52. The number of aromatic carboxylic acids is 1. The van der Waals surface area contributed by atoms with Crippen LogP contribution in [0.2, 0.25) is 0 Å². The number of carboxylic acids is 1. The first-order valence-corrected chi connectivity index (χ1v) is 6.45. The molecule has 0 aliphatic heterocycles. The van der Waals surface area contributed by atoms with Crippen molar-refractivity contribution in [2.75, 3.05) is 16.8 Å². The van der Waals surface area contributed by atoms with Crippen molar-refractivity contribution in [1.82, 2.24) is 10.2 Å². The summed E-state index contributed by atoms with van der Waals surface area (Å²) in [5.74, 6) is 0.272. The van der Waals surface area contributed by atoms with Crippen LogP contribution in [0, 0.1) is 0 Å². The number of aromatic amines is 1. The van der Waals surface area contributed by atoms with Gasteiger partial charge < -0.3 is 10.4 Å². The topological polar surface area (TPSA) is 95.1 Å². The van der Waals surface area contributed by atoms with E-state index in [2.05, 4.69) is 22.4 Å². The molecule has 0 aliphatic rings. The van der Waals surface area contributed by atoms with Crippen LogP contribution in [-0.2, 0) is 4.79 Å². The Labute approximate surface area is 103 Å². The molecule has 94 valence electrons. The molecule has 0 bridgehead atoms. The van der Waals surface area contributed by atoms with Crippen LogP contribution in [-0.4, -0.2) is 38.7 Å². The van der Waals surface area contributed by atoms with Gasteiger partial charge in [0.15, 0.2) is 5.82 Å². The first-order chi connectivity index (χ1) is 8.13. The van der Waals surface area contributed by atoms with Crippen LogP contribution in [0.15, 0.2) is 6.07 Å². The monoisotopic (exact) mass is 257 g/mol. The number of thioether (sulfide) groups is 1. The highest BCUT2D eigenvalue weighted by Crippen LogP contribution is 2.08. The Hall–Kier alpha value is -1.50. The molecule has 0 unspecified atom stereocenters. The molecule has 17 heavy (non-hydrogen) atoms. The summed E-state index contributed by atoms with van der Waals surface area (Å²) in [6, 6.07) is 1.29. The Morgan fingerprint density at radius 2 is 2.35 bits per heavy atom. The van der Waals surface area contributed by atoms with E-state index in [1.54, 1.807) is 11.8 Å². The molecule has 0 radical (unpaired) electrons. The summed E-state index contributed by atoms with van der Waals surface area (Å²) in [6.45, 7) is 2.10. The molecule has 1 aromatic heterocycles. The Kier molecular flexibility index (Phi) is 5.55. The summed E-state index contributed by atoms with van der Waals surface area (Å²) in [5, 5.41) is 17.2. The third-order valence-electron chi connectivity index (χ3n) is 1.95. The number of nitrogens with zero attached hydrogens (tertiary/aromatic N) is 1. The summed E-state index contributed by atoms with van der Waals surface area (Å²) in [4.78, 5) is 22.0. The van der Waals surface area contributed by atoms with E-state index in [1.807, 2.05) is 0 Å². The lowest BCUT2D eigenvalue weighted by Gasteiger charge is -2.00. The number of hydrogen-bond acceptors (Lipinski definition) is 4. The van der Waals surface area contributed by atoms with Gasteiger partial charge in [0.1, 0.15) is 5.69 Å². The van der Waals surface area contributed by atoms with E-state index < -0.39 is 5.97 Å². The maximum atomic E-state index is 11.4. The molecule has 0 aliphatic carbocycles. The van der Waals surface area contributed by atoms with Crippen molar-refractivity contribution in [2.24, 2.45) is 0 Å². The van der Waals surface area contributed by atoms with Crippen LogP contribution in [0.25, 0.3) is 0 Å². The van der Waals surface area contributed by atoms with Crippen molar-refractivity contribution in [3.05, 3.63) is 11.8 Å². The van der Waals surface area contributed by atoms with Gasteiger partial charge in [-0.05, 0) is 12.2 Å². The van der Waals surface area contributed by atoms with Crippen LogP contribution in [0.3, 0.4) is 0 Å². The second kappa shape index (κ2) is 6.95. The maximum Gasteiger partial charge on any atom is 0.353 e. The summed E-state index contributed by atoms with van der Waals surface area (Å²) < 4.78 is 0. The van der Waals surface area contributed by atoms with E-state index in [0.717, 1.165) is 18.6 Å². The molecule has 0 spiro atoms. The second-order valence-electron chi connectivity index (χ2n) is 3.43. The van der Waals surface area contributed by atoms with Gasteiger partial charge in [-0.15, -0.1) is 0 Å². The van der Waals surface area contributed by atoms with E-state index >= 15 is 0 Å². The van der Waals surface area contributed by atoms with Crippen LogP contribution < -0.4 is 5.32 Å². The van der Waals surface area contributed by atoms with Crippen molar-refractivity contribution >= 4 is 29.5 Å². The summed E-state index contributed by atoms with van der Waals surface area (Å²) in [5.41, 5.74) is -0.0427. The number of nitrogens with one attached hydrogen (secondary N) is 2. The van der Waals surface area contributed by atoms with Crippen LogP contribution in [0.4, 0.5) is 5.82 Å². The van der Waals surface area contributed by atoms with Gasteiger partial charge in [0.2, 0.25) is 5.91 Å². The average molecular weight is 257 g/mol. The number of amides is 1. The molecule has 1 amide bonds. The lowest BCUT2D eigenvalue weighted by molar-refractivity contribution is -0.113. The van der Waals surface area contributed by atoms with Crippen molar-refractivity contribution in [3.8, 4) is 0 Å². The number of rotatable bonds is 7. The Bertz CT molecular complexity index is 392. The third-order valence-corrected chi connectivity index (χ3v) is 2.99. The molecule has 0 aromatic carbocycles. The van der Waals surface area contributed by atoms with Crippen LogP contribution >= 0.6 is 11.8 Å². The largest absolute Gasteiger partial charge is 0.477 e. The van der Waals surface area contributed by atoms with Gasteiger partial charge in [-0.25, -0.2) is 4.79 Å². The number of unbranched alkanes of at least 4 members (excludes halogenated alkanes) is 1. The fourth-order valence-electron chi connectivity index (χ4n) is 1.09. The van der Waals surface area contributed by atoms with Gasteiger partial charge in [0.05, 0.1) is 5.75 Å². The standard InChI is InChI=1S/C10H15N3O3S/c1-2-3-4-17-6-9(14)11-8-5-7(10(15)16)12-13-8/h5H,2-4,6H2,1H3,(H,15,16)(H2,11,12,13,14). The molecule has 6 nitrogen and oxygen atoms in total. The highest BCUT2D eigenvalue weighted by atomic mass is 32.2. The number of carbonyl (C=O) groups excluding carboxylic acids is 1. The fraction of sp³-hybridized carbons (Fsp3) is 0.500. The smallest absolute Gasteiger partial charge is 0.353 e. The Balaban J connectivity index is 2.32. The molecular weight excluding hydrogens is 242 g/mol. The Morgan fingerprint density at radius 3 is 2.94 bits per heavy atom. The number of H-pyrrole nitrogens is 1. The molecule has 0 saturated heterocycles. The fourth-order valence-corrected chi connectivity index (χ4v) is 1.98. The molecular formula is C10H15N3O3S. The maximum absolute atomic E-state index is 11.4. The predicted octanol–water partition coefficient (Wildman–Crippen LogP) is 1.58. The van der Waals surface area contributed by atoms with Gasteiger partial charge in [0.25, 0.3) is 0 Å². The van der Waals surface area contributed by atoms with Crippen molar-refractivity contribution in [3.63, 3.8) is 0 Å². The van der Waals surface area contributed by atoms with E-state index in [-0.39, 0.29) is 17.4 Å². The number of carbonyl (C=O) groups is 2. The number of anilines is 1. The molecule has 0 saturated carbocycles. The third kappa shape index (κ3) is 4.90.